The summed E-state index contributed by atoms with van der Waals surface area (Å²) in [6.45, 7) is 1.89. The maximum atomic E-state index is 13.0. The number of rotatable bonds is 7. The number of ether oxygens (including phenoxy) is 1. The number of hydrogen-bond acceptors (Lipinski definition) is 7. The first kappa shape index (κ1) is 21.4. The van der Waals surface area contributed by atoms with Crippen molar-refractivity contribution in [1.29, 1.82) is 0 Å². The Morgan fingerprint density at radius 2 is 1.88 bits per heavy atom. The van der Waals surface area contributed by atoms with E-state index in [0.717, 1.165) is 5.56 Å². The van der Waals surface area contributed by atoms with E-state index in [1.54, 1.807) is 4.90 Å². The zero-order valence-corrected chi connectivity index (χ0v) is 18.5. The van der Waals surface area contributed by atoms with E-state index in [4.69, 9.17) is 4.74 Å². The molecule has 1 aliphatic carbocycles. The second-order valence-corrected chi connectivity index (χ2v) is 10.3. The van der Waals surface area contributed by atoms with Gasteiger partial charge in [0.05, 0.1) is 16.1 Å². The predicted octanol–water partition coefficient (Wildman–Crippen LogP) is 2.18. The number of carbonyl (C=O) groups is 3. The lowest BCUT2D eigenvalue weighted by Gasteiger charge is -2.46. The summed E-state index contributed by atoms with van der Waals surface area (Å²) in [5, 5.41) is 13.3. The van der Waals surface area contributed by atoms with E-state index >= 15 is 0 Å². The number of non-ortho nitro benzene ring substituents is 1. The minimum absolute atomic E-state index is 0.0384. The van der Waals surface area contributed by atoms with Gasteiger partial charge in [0.25, 0.3) is 5.69 Å². The second-order valence-electron chi connectivity index (χ2n) is 8.69. The summed E-state index contributed by atoms with van der Waals surface area (Å²) in [5.74, 6) is -0.997. The Morgan fingerprint density at radius 3 is 2.55 bits per heavy atom. The van der Waals surface area contributed by atoms with Crippen molar-refractivity contribution in [3.8, 4) is 0 Å². The predicted molar refractivity (Wildman–Crippen MR) is 119 cm³/mol. The smallest absolute Gasteiger partial charge is 0.333 e. The summed E-state index contributed by atoms with van der Waals surface area (Å²) in [4.78, 5) is 50.2. The Balaban J connectivity index is 1.22. The van der Waals surface area contributed by atoms with Crippen LogP contribution in [-0.2, 0) is 32.1 Å². The SMILES string of the molecule is C[C@@]12C[C@]1(C(=O)OCc1ccc([N+](=O)[O-])cc1)N1C(=O)[C@@H](NC(=O)Cc3ccccc3)[C@H]1S2. The van der Waals surface area contributed by atoms with E-state index in [1.165, 1.54) is 36.0 Å². The lowest BCUT2D eigenvalue weighted by atomic mass is 10.00. The molecule has 0 unspecified atom stereocenters. The van der Waals surface area contributed by atoms with E-state index in [1.807, 2.05) is 37.3 Å². The van der Waals surface area contributed by atoms with Crippen LogP contribution in [0, 0.1) is 10.1 Å². The summed E-state index contributed by atoms with van der Waals surface area (Å²) < 4.78 is 5.06. The van der Waals surface area contributed by atoms with Crippen LogP contribution in [0.25, 0.3) is 0 Å². The molecule has 0 spiro atoms. The van der Waals surface area contributed by atoms with Crippen LogP contribution in [0.2, 0.25) is 0 Å². The van der Waals surface area contributed by atoms with Crippen LogP contribution < -0.4 is 5.32 Å². The Kier molecular flexibility index (Phi) is 4.93. The lowest BCUT2D eigenvalue weighted by Crippen LogP contribution is -2.72. The molecule has 0 radical (unpaired) electrons. The van der Waals surface area contributed by atoms with Crippen LogP contribution in [0.4, 0.5) is 5.69 Å². The first-order valence-corrected chi connectivity index (χ1v) is 11.4. The van der Waals surface area contributed by atoms with Crippen LogP contribution in [0.15, 0.2) is 54.6 Å². The molecular formula is C23H21N3O6S. The number of hydrogen-bond donors (Lipinski definition) is 1. The number of thioether (sulfide) groups is 1. The number of nitrogens with zero attached hydrogens (tertiary/aromatic N) is 2. The van der Waals surface area contributed by atoms with Gasteiger partial charge in [-0.05, 0) is 30.2 Å². The number of nitro benzene ring substituents is 1. The summed E-state index contributed by atoms with van der Waals surface area (Å²) in [5.41, 5.74) is 0.413. The largest absolute Gasteiger partial charge is 0.459 e. The van der Waals surface area contributed by atoms with Crippen molar-refractivity contribution in [2.45, 2.75) is 48.1 Å². The lowest BCUT2D eigenvalue weighted by molar-refractivity contribution is -0.384. The molecule has 1 saturated carbocycles. The normalized spacial score (nSPS) is 28.9. The van der Waals surface area contributed by atoms with Crippen LogP contribution in [-0.4, -0.2) is 49.3 Å². The van der Waals surface area contributed by atoms with E-state index < -0.39 is 27.2 Å². The molecule has 2 aromatic rings. The monoisotopic (exact) mass is 467 g/mol. The maximum absolute atomic E-state index is 13.0. The molecule has 9 nitrogen and oxygen atoms in total. The van der Waals surface area contributed by atoms with Crippen molar-refractivity contribution < 1.29 is 24.0 Å². The van der Waals surface area contributed by atoms with Crippen molar-refractivity contribution in [3.05, 3.63) is 75.8 Å². The van der Waals surface area contributed by atoms with Gasteiger partial charge in [0.2, 0.25) is 11.8 Å². The van der Waals surface area contributed by atoms with Crippen LogP contribution in [0.1, 0.15) is 24.5 Å². The summed E-state index contributed by atoms with van der Waals surface area (Å²) in [6, 6.07) is 14.4. The van der Waals surface area contributed by atoms with E-state index in [9.17, 15) is 24.5 Å². The molecule has 0 bridgehead atoms. The molecule has 2 aromatic carbocycles. The van der Waals surface area contributed by atoms with Gasteiger partial charge < -0.3 is 15.0 Å². The maximum Gasteiger partial charge on any atom is 0.333 e. The molecule has 4 atom stereocenters. The summed E-state index contributed by atoms with van der Waals surface area (Å²) in [6.07, 6.45) is 0.679. The highest BCUT2D eigenvalue weighted by Gasteiger charge is 2.85. The fourth-order valence-electron chi connectivity index (χ4n) is 4.69. The van der Waals surface area contributed by atoms with Crippen molar-refractivity contribution in [2.75, 3.05) is 0 Å². The van der Waals surface area contributed by atoms with Crippen LogP contribution >= 0.6 is 11.8 Å². The van der Waals surface area contributed by atoms with Gasteiger partial charge >= 0.3 is 5.97 Å². The quantitative estimate of drug-likeness (QED) is 0.287. The average molecular weight is 468 g/mol. The van der Waals surface area contributed by atoms with Gasteiger partial charge in [-0.25, -0.2) is 4.79 Å². The molecule has 10 heteroatoms. The third-order valence-corrected chi connectivity index (χ3v) is 8.28. The summed E-state index contributed by atoms with van der Waals surface area (Å²) >= 11 is 1.52. The molecule has 33 heavy (non-hydrogen) atoms. The fourth-order valence-corrected chi connectivity index (χ4v) is 6.60. The first-order chi connectivity index (χ1) is 15.7. The molecule has 0 aromatic heterocycles. The number of fused-ring (bicyclic) bond motifs is 3. The third-order valence-electron chi connectivity index (χ3n) is 6.56. The van der Waals surface area contributed by atoms with Gasteiger partial charge in [0.1, 0.15) is 18.0 Å². The van der Waals surface area contributed by atoms with Gasteiger partial charge in [-0.3, -0.25) is 19.7 Å². The molecular weight excluding hydrogens is 446 g/mol. The zero-order chi connectivity index (χ0) is 23.4. The molecule has 170 valence electrons. The van der Waals surface area contributed by atoms with Gasteiger partial charge in [-0.2, -0.15) is 0 Å². The molecule has 2 heterocycles. The summed E-state index contributed by atoms with van der Waals surface area (Å²) in [7, 11) is 0. The van der Waals surface area contributed by atoms with Gasteiger partial charge in [-0.15, -0.1) is 11.8 Å². The Hall–Kier alpha value is -3.40. The van der Waals surface area contributed by atoms with Gasteiger partial charge in [-0.1, -0.05) is 30.3 Å². The number of amides is 2. The minimum atomic E-state index is -1.03. The topological polar surface area (TPSA) is 119 Å². The number of carbonyl (C=O) groups excluding carboxylic acids is 3. The third kappa shape index (κ3) is 3.36. The van der Waals surface area contributed by atoms with Crippen molar-refractivity contribution in [2.24, 2.45) is 0 Å². The van der Waals surface area contributed by atoms with Crippen molar-refractivity contribution in [3.63, 3.8) is 0 Å². The molecule has 5 rings (SSSR count). The van der Waals surface area contributed by atoms with E-state index in [2.05, 4.69) is 5.32 Å². The highest BCUT2D eigenvalue weighted by Crippen LogP contribution is 2.72. The van der Waals surface area contributed by atoms with E-state index in [0.29, 0.717) is 12.0 Å². The van der Waals surface area contributed by atoms with Gasteiger partial charge in [0, 0.05) is 18.6 Å². The molecule has 2 saturated heterocycles. The van der Waals surface area contributed by atoms with Crippen LogP contribution in [0.5, 0.6) is 0 Å². The van der Waals surface area contributed by atoms with Gasteiger partial charge in [0.15, 0.2) is 5.54 Å². The minimum Gasteiger partial charge on any atom is -0.459 e. The second kappa shape index (κ2) is 7.58. The fraction of sp³-hybridized carbons (Fsp3) is 0.348. The number of esters is 1. The first-order valence-electron chi connectivity index (χ1n) is 10.5. The Labute approximate surface area is 193 Å². The number of benzene rings is 2. The molecule has 2 aliphatic heterocycles. The Morgan fingerprint density at radius 1 is 1.18 bits per heavy atom. The average Bonchev–Trinajstić information content (AvgIpc) is 3.34. The number of β-lactam (4-membered cyclic amide) rings is 1. The molecule has 1 N–H and O–H groups in total. The van der Waals surface area contributed by atoms with Crippen molar-refractivity contribution in [1.82, 2.24) is 10.2 Å². The number of nitro groups is 1. The molecule has 2 amide bonds. The zero-order valence-electron chi connectivity index (χ0n) is 17.7. The van der Waals surface area contributed by atoms with Crippen molar-refractivity contribution >= 4 is 35.2 Å². The van der Waals surface area contributed by atoms with Crippen LogP contribution in [0.3, 0.4) is 0 Å². The van der Waals surface area contributed by atoms with E-state index in [-0.39, 0.29) is 35.9 Å². The molecule has 3 aliphatic rings. The number of nitrogens with one attached hydrogen (secondary N) is 1. The highest BCUT2D eigenvalue weighted by atomic mass is 32.2. The highest BCUT2D eigenvalue weighted by molar-refractivity contribution is 8.02. The molecule has 3 fully saturated rings. The Bertz CT molecular complexity index is 1160. The standard InChI is InChI=1S/C23H21N3O6S/c1-22-13-23(22,21(29)32-12-15-7-9-16(10-8-15)26(30)31)25-19(28)18(20(25)33-22)24-17(27)11-14-5-3-2-4-6-14/h2-10,18,20H,11-13H2,1H3,(H,24,27)/t18-,20-,22-,23-/m1/s1.